The molecule has 5 heteroatoms. The number of para-hydroxylation sites is 1. The van der Waals surface area contributed by atoms with E-state index in [-0.39, 0.29) is 0 Å². The van der Waals surface area contributed by atoms with Gasteiger partial charge < -0.3 is 14.5 Å². The SMILES string of the molecule is COc1ccc(Nc2c3ccccc3nc3c2c(=O)oc2ccc(C)cc23)cc1. The van der Waals surface area contributed by atoms with Crippen molar-refractivity contribution in [3.63, 3.8) is 0 Å². The van der Waals surface area contributed by atoms with Crippen molar-refractivity contribution >= 4 is 44.1 Å². The van der Waals surface area contributed by atoms with Crippen LogP contribution in [0, 0.1) is 6.92 Å². The summed E-state index contributed by atoms with van der Waals surface area (Å²) in [5.41, 5.74) is 4.17. The normalized spacial score (nSPS) is 11.2. The molecule has 142 valence electrons. The Balaban J connectivity index is 1.87. The van der Waals surface area contributed by atoms with Gasteiger partial charge in [0.25, 0.3) is 0 Å². The summed E-state index contributed by atoms with van der Waals surface area (Å²) in [6.45, 7) is 2.01. The maximum atomic E-state index is 13.0. The first-order chi connectivity index (χ1) is 14.1. The van der Waals surface area contributed by atoms with Gasteiger partial charge in [-0.05, 0) is 49.4 Å². The smallest absolute Gasteiger partial charge is 0.347 e. The number of fused-ring (bicyclic) bond motifs is 4. The van der Waals surface area contributed by atoms with Gasteiger partial charge in [-0.15, -0.1) is 0 Å². The number of methoxy groups -OCH3 is 1. The largest absolute Gasteiger partial charge is 0.497 e. The van der Waals surface area contributed by atoms with Crippen LogP contribution in [0.5, 0.6) is 5.75 Å². The van der Waals surface area contributed by atoms with E-state index in [0.717, 1.165) is 33.3 Å². The lowest BCUT2D eigenvalue weighted by molar-refractivity contribution is 0.415. The van der Waals surface area contributed by atoms with Crippen molar-refractivity contribution in [3.05, 3.63) is 82.7 Å². The van der Waals surface area contributed by atoms with Gasteiger partial charge >= 0.3 is 5.63 Å². The molecule has 0 spiro atoms. The second-order valence-corrected chi connectivity index (χ2v) is 6.97. The number of aryl methyl sites for hydroxylation is 1. The van der Waals surface area contributed by atoms with Crippen LogP contribution in [0.4, 0.5) is 11.4 Å². The number of aromatic nitrogens is 1. The molecule has 2 aromatic heterocycles. The first-order valence-corrected chi connectivity index (χ1v) is 9.31. The van der Waals surface area contributed by atoms with E-state index in [9.17, 15) is 4.79 Å². The van der Waals surface area contributed by atoms with E-state index in [1.165, 1.54) is 0 Å². The van der Waals surface area contributed by atoms with Crippen molar-refractivity contribution in [2.45, 2.75) is 6.92 Å². The zero-order valence-electron chi connectivity index (χ0n) is 16.0. The Morgan fingerprint density at radius 2 is 1.76 bits per heavy atom. The molecule has 0 saturated carbocycles. The monoisotopic (exact) mass is 382 g/mol. The third kappa shape index (κ3) is 2.88. The van der Waals surface area contributed by atoms with Crippen molar-refractivity contribution < 1.29 is 9.15 Å². The van der Waals surface area contributed by atoms with Gasteiger partial charge in [-0.25, -0.2) is 9.78 Å². The molecule has 0 aliphatic rings. The molecule has 3 aromatic carbocycles. The summed E-state index contributed by atoms with van der Waals surface area (Å²) in [5.74, 6) is 0.765. The molecule has 0 unspecified atom stereocenters. The average Bonchev–Trinajstić information content (AvgIpc) is 2.74. The second kappa shape index (κ2) is 6.63. The molecule has 0 bridgehead atoms. The lowest BCUT2D eigenvalue weighted by Gasteiger charge is -2.14. The van der Waals surface area contributed by atoms with E-state index in [4.69, 9.17) is 14.1 Å². The maximum Gasteiger partial charge on any atom is 0.347 e. The molecule has 2 heterocycles. The van der Waals surface area contributed by atoms with Crippen molar-refractivity contribution in [2.24, 2.45) is 0 Å². The molecule has 29 heavy (non-hydrogen) atoms. The minimum Gasteiger partial charge on any atom is -0.497 e. The molecule has 5 nitrogen and oxygen atoms in total. The molecule has 0 radical (unpaired) electrons. The fraction of sp³-hybridized carbons (Fsp3) is 0.0833. The van der Waals surface area contributed by atoms with Crippen molar-refractivity contribution in [1.29, 1.82) is 0 Å². The Bertz CT molecular complexity index is 1440. The zero-order chi connectivity index (χ0) is 20.0. The van der Waals surface area contributed by atoms with Gasteiger partial charge in [-0.1, -0.05) is 29.8 Å². The molecular formula is C24H18N2O3. The van der Waals surface area contributed by atoms with Crippen LogP contribution in [0.15, 0.2) is 75.9 Å². The van der Waals surface area contributed by atoms with Crippen molar-refractivity contribution in [2.75, 3.05) is 12.4 Å². The standard InChI is InChI=1S/C24H18N2O3/c1-14-7-12-20-18(13-14)23-21(24(27)29-20)22(17-5-3-4-6-19(17)26-23)25-15-8-10-16(28-2)11-9-15/h3-13H,1-2H3,(H,25,26). The lowest BCUT2D eigenvalue weighted by atomic mass is 10.1. The number of anilines is 2. The van der Waals surface area contributed by atoms with E-state index in [1.54, 1.807) is 7.11 Å². The van der Waals surface area contributed by atoms with Crippen LogP contribution < -0.4 is 15.7 Å². The summed E-state index contributed by atoms with van der Waals surface area (Å²) >= 11 is 0. The highest BCUT2D eigenvalue weighted by Gasteiger charge is 2.17. The van der Waals surface area contributed by atoms with Gasteiger partial charge in [0.05, 0.1) is 23.8 Å². The summed E-state index contributed by atoms with van der Waals surface area (Å²) in [6, 6.07) is 21.1. The minimum atomic E-state index is -0.411. The minimum absolute atomic E-state index is 0.411. The summed E-state index contributed by atoms with van der Waals surface area (Å²) in [4.78, 5) is 17.8. The number of pyridine rings is 1. The number of ether oxygens (including phenoxy) is 1. The molecule has 0 saturated heterocycles. The molecule has 0 aliphatic heterocycles. The van der Waals surface area contributed by atoms with Crippen molar-refractivity contribution in [1.82, 2.24) is 4.98 Å². The van der Waals surface area contributed by atoms with E-state index >= 15 is 0 Å². The first kappa shape index (κ1) is 17.3. The van der Waals surface area contributed by atoms with Gasteiger partial charge in [0.2, 0.25) is 0 Å². The summed E-state index contributed by atoms with van der Waals surface area (Å²) in [6.07, 6.45) is 0. The number of hydrogen-bond donors (Lipinski definition) is 1. The Morgan fingerprint density at radius 3 is 2.55 bits per heavy atom. The topological polar surface area (TPSA) is 64.4 Å². The van der Waals surface area contributed by atoms with Gasteiger partial charge in [0.15, 0.2) is 0 Å². The molecular weight excluding hydrogens is 364 g/mol. The number of benzene rings is 3. The summed E-state index contributed by atoms with van der Waals surface area (Å²) in [5, 5.41) is 5.53. The first-order valence-electron chi connectivity index (χ1n) is 9.31. The zero-order valence-corrected chi connectivity index (χ0v) is 16.0. The van der Waals surface area contributed by atoms with Crippen LogP contribution in [0.2, 0.25) is 0 Å². The Hall–Kier alpha value is -3.86. The van der Waals surface area contributed by atoms with E-state index < -0.39 is 5.63 Å². The highest BCUT2D eigenvalue weighted by atomic mass is 16.5. The Morgan fingerprint density at radius 1 is 0.966 bits per heavy atom. The van der Waals surface area contributed by atoms with Crippen LogP contribution in [-0.4, -0.2) is 12.1 Å². The van der Waals surface area contributed by atoms with Crippen molar-refractivity contribution in [3.8, 4) is 5.75 Å². The van der Waals surface area contributed by atoms with Crippen LogP contribution in [0.3, 0.4) is 0 Å². The fourth-order valence-electron chi connectivity index (χ4n) is 3.62. The molecule has 5 rings (SSSR count). The number of nitrogens with zero attached hydrogens (tertiary/aromatic N) is 1. The van der Waals surface area contributed by atoms with E-state index in [2.05, 4.69) is 5.32 Å². The molecule has 1 N–H and O–H groups in total. The molecule has 0 aliphatic carbocycles. The number of rotatable bonds is 3. The highest BCUT2D eigenvalue weighted by Crippen LogP contribution is 2.34. The Labute approximate surface area is 166 Å². The van der Waals surface area contributed by atoms with E-state index in [0.29, 0.717) is 22.2 Å². The fourth-order valence-corrected chi connectivity index (χ4v) is 3.62. The third-order valence-electron chi connectivity index (χ3n) is 5.05. The lowest BCUT2D eigenvalue weighted by Crippen LogP contribution is -2.06. The van der Waals surface area contributed by atoms with Crippen LogP contribution >= 0.6 is 0 Å². The maximum absolute atomic E-state index is 13.0. The quantitative estimate of drug-likeness (QED) is 0.252. The predicted molar refractivity (Wildman–Crippen MR) is 116 cm³/mol. The molecule has 0 fully saturated rings. The van der Waals surface area contributed by atoms with Gasteiger partial charge in [-0.2, -0.15) is 0 Å². The molecule has 0 amide bonds. The van der Waals surface area contributed by atoms with Crippen LogP contribution in [-0.2, 0) is 0 Å². The molecule has 0 atom stereocenters. The summed E-state index contributed by atoms with van der Waals surface area (Å²) < 4.78 is 10.9. The van der Waals surface area contributed by atoms with Gasteiger partial charge in [-0.3, -0.25) is 0 Å². The van der Waals surface area contributed by atoms with Crippen LogP contribution in [0.1, 0.15) is 5.56 Å². The molecule has 5 aromatic rings. The Kier molecular flexibility index (Phi) is 3.95. The highest BCUT2D eigenvalue weighted by molar-refractivity contribution is 6.14. The van der Waals surface area contributed by atoms with Crippen LogP contribution in [0.25, 0.3) is 32.8 Å². The average molecular weight is 382 g/mol. The third-order valence-corrected chi connectivity index (χ3v) is 5.05. The van der Waals surface area contributed by atoms with Gasteiger partial charge in [0.1, 0.15) is 16.7 Å². The van der Waals surface area contributed by atoms with E-state index in [1.807, 2.05) is 73.7 Å². The number of nitrogens with one attached hydrogen (secondary N) is 1. The van der Waals surface area contributed by atoms with Gasteiger partial charge in [0, 0.05) is 16.5 Å². The number of hydrogen-bond acceptors (Lipinski definition) is 5. The second-order valence-electron chi connectivity index (χ2n) is 6.97. The summed E-state index contributed by atoms with van der Waals surface area (Å²) in [7, 11) is 1.63. The predicted octanol–water partition coefficient (Wildman–Crippen LogP) is 5.56.